The molecule has 0 saturated carbocycles. The van der Waals surface area contributed by atoms with Crippen molar-refractivity contribution in [3.05, 3.63) is 33.9 Å². The van der Waals surface area contributed by atoms with Crippen LogP contribution in [0.5, 0.6) is 5.75 Å². The van der Waals surface area contributed by atoms with Crippen LogP contribution in [0, 0.1) is 10.1 Å². The molecule has 7 heteroatoms. The van der Waals surface area contributed by atoms with Gasteiger partial charge < -0.3 is 15.2 Å². The highest BCUT2D eigenvalue weighted by Gasteiger charge is 2.17. The van der Waals surface area contributed by atoms with E-state index in [9.17, 15) is 20.0 Å². The molecular formula is C15H22N2O5. The lowest BCUT2D eigenvalue weighted by Crippen LogP contribution is -2.42. The minimum absolute atomic E-state index is 0.0127. The second-order valence-electron chi connectivity index (χ2n) is 6.09. The highest BCUT2D eigenvalue weighted by Crippen LogP contribution is 2.24. The van der Waals surface area contributed by atoms with Crippen molar-refractivity contribution in [1.82, 2.24) is 5.32 Å². The number of carbonyl (C=O) groups is 1. The van der Waals surface area contributed by atoms with E-state index in [2.05, 4.69) is 5.32 Å². The number of rotatable bonds is 7. The Morgan fingerprint density at radius 2 is 2.09 bits per heavy atom. The molecule has 7 nitrogen and oxygen atoms in total. The normalized spacial score (nSPS) is 12.8. The first-order valence-electron chi connectivity index (χ1n) is 6.95. The Morgan fingerprint density at radius 3 is 2.59 bits per heavy atom. The first-order chi connectivity index (χ1) is 10.1. The van der Waals surface area contributed by atoms with Gasteiger partial charge in [0.1, 0.15) is 18.5 Å². The van der Waals surface area contributed by atoms with Gasteiger partial charge in [-0.25, -0.2) is 0 Å². The minimum Gasteiger partial charge on any atom is -0.490 e. The molecule has 0 saturated heterocycles. The molecule has 0 unspecified atom stereocenters. The molecule has 1 aromatic carbocycles. The molecule has 0 radical (unpaired) electrons. The van der Waals surface area contributed by atoms with Crippen LogP contribution in [0.2, 0.25) is 0 Å². The minimum atomic E-state index is -0.755. The lowest BCUT2D eigenvalue weighted by atomic mass is 10.1. The number of aliphatic hydroxyl groups excluding tert-OH is 1. The van der Waals surface area contributed by atoms with Crippen LogP contribution in [0.1, 0.15) is 38.1 Å². The lowest BCUT2D eigenvalue weighted by molar-refractivity contribution is -0.384. The van der Waals surface area contributed by atoms with Gasteiger partial charge in [-0.05, 0) is 33.8 Å². The molecule has 2 N–H and O–H groups in total. The molecule has 22 heavy (non-hydrogen) atoms. The fraction of sp³-hybridized carbons (Fsp3) is 0.533. The van der Waals surface area contributed by atoms with Crippen molar-refractivity contribution in [2.45, 2.75) is 39.3 Å². The SMILES string of the molecule is CC(=O)c1cc([N+](=O)[O-])ccc1OC[C@H](O)CNC(C)(C)C. The van der Waals surface area contributed by atoms with E-state index in [4.69, 9.17) is 4.74 Å². The van der Waals surface area contributed by atoms with Crippen LogP contribution in [-0.2, 0) is 0 Å². The number of nitro benzene ring substituents is 1. The fourth-order valence-electron chi connectivity index (χ4n) is 1.70. The zero-order valence-electron chi connectivity index (χ0n) is 13.3. The summed E-state index contributed by atoms with van der Waals surface area (Å²) >= 11 is 0. The molecule has 0 fully saturated rings. The molecule has 122 valence electrons. The molecule has 0 aromatic heterocycles. The Labute approximate surface area is 129 Å². The van der Waals surface area contributed by atoms with Crippen molar-refractivity contribution in [2.75, 3.05) is 13.2 Å². The van der Waals surface area contributed by atoms with Crippen molar-refractivity contribution < 1.29 is 19.6 Å². The monoisotopic (exact) mass is 310 g/mol. The zero-order chi connectivity index (χ0) is 16.9. The number of non-ortho nitro benzene ring substituents is 1. The summed E-state index contributed by atoms with van der Waals surface area (Å²) in [6.07, 6.45) is -0.755. The molecule has 0 aliphatic carbocycles. The van der Waals surface area contributed by atoms with E-state index < -0.39 is 11.0 Å². The third kappa shape index (κ3) is 5.79. The summed E-state index contributed by atoms with van der Waals surface area (Å²) in [5.74, 6) is -0.103. The van der Waals surface area contributed by atoms with Crippen LogP contribution < -0.4 is 10.1 Å². The highest BCUT2D eigenvalue weighted by atomic mass is 16.6. The maximum absolute atomic E-state index is 11.6. The molecule has 1 rings (SSSR count). The second-order valence-corrected chi connectivity index (χ2v) is 6.09. The third-order valence-corrected chi connectivity index (χ3v) is 2.85. The Hall–Kier alpha value is -1.99. The molecule has 0 aliphatic heterocycles. The Balaban J connectivity index is 2.73. The molecule has 0 aliphatic rings. The standard InChI is InChI=1S/C15H22N2O5/c1-10(18)13-7-11(17(20)21)5-6-14(13)22-9-12(19)8-16-15(2,3)4/h5-7,12,16,19H,8-9H2,1-4H3/t12-/m1/s1. The van der Waals surface area contributed by atoms with E-state index in [0.29, 0.717) is 6.54 Å². The van der Waals surface area contributed by atoms with Crippen molar-refractivity contribution in [3.8, 4) is 5.75 Å². The summed E-state index contributed by atoms with van der Waals surface area (Å²) in [5.41, 5.74) is -0.170. The van der Waals surface area contributed by atoms with Gasteiger partial charge in [-0.15, -0.1) is 0 Å². The summed E-state index contributed by atoms with van der Waals surface area (Å²) in [6, 6.07) is 3.82. The van der Waals surface area contributed by atoms with Gasteiger partial charge in [-0.2, -0.15) is 0 Å². The number of benzene rings is 1. The van der Waals surface area contributed by atoms with Gasteiger partial charge in [0.05, 0.1) is 10.5 Å². The third-order valence-electron chi connectivity index (χ3n) is 2.85. The molecule has 0 bridgehead atoms. The van der Waals surface area contributed by atoms with Gasteiger partial charge in [-0.3, -0.25) is 14.9 Å². The topological polar surface area (TPSA) is 102 Å². The summed E-state index contributed by atoms with van der Waals surface area (Å²) < 4.78 is 5.43. The highest BCUT2D eigenvalue weighted by molar-refractivity contribution is 5.97. The number of nitro groups is 1. The molecule has 1 atom stereocenters. The number of hydrogen-bond donors (Lipinski definition) is 2. The van der Waals surface area contributed by atoms with Gasteiger partial charge in [0.25, 0.3) is 5.69 Å². The first kappa shape index (κ1) is 18.1. The van der Waals surface area contributed by atoms with E-state index >= 15 is 0 Å². The van der Waals surface area contributed by atoms with Gasteiger partial charge in [0, 0.05) is 24.2 Å². The number of nitrogens with zero attached hydrogens (tertiary/aromatic N) is 1. The van der Waals surface area contributed by atoms with Crippen molar-refractivity contribution in [1.29, 1.82) is 0 Å². The predicted octanol–water partition coefficient (Wildman–Crippen LogP) is 1.93. The van der Waals surface area contributed by atoms with Crippen molar-refractivity contribution in [3.63, 3.8) is 0 Å². The van der Waals surface area contributed by atoms with E-state index in [1.165, 1.54) is 25.1 Å². The maximum Gasteiger partial charge on any atom is 0.270 e. The number of nitrogens with one attached hydrogen (secondary N) is 1. The van der Waals surface area contributed by atoms with Gasteiger partial charge in [-0.1, -0.05) is 0 Å². The van der Waals surface area contributed by atoms with Crippen molar-refractivity contribution in [2.24, 2.45) is 0 Å². The summed E-state index contributed by atoms with van der Waals surface area (Å²) in [4.78, 5) is 21.7. The largest absolute Gasteiger partial charge is 0.490 e. The lowest BCUT2D eigenvalue weighted by Gasteiger charge is -2.23. The predicted molar refractivity (Wildman–Crippen MR) is 82.4 cm³/mol. The average molecular weight is 310 g/mol. The number of β-amino-alcohol motifs (C(OH)–C–C–N with tert-alkyl or cyclic N) is 1. The summed E-state index contributed by atoms with van der Waals surface area (Å²) in [5, 5.41) is 23.7. The van der Waals surface area contributed by atoms with Crippen LogP contribution in [0.15, 0.2) is 18.2 Å². The maximum atomic E-state index is 11.6. The fourth-order valence-corrected chi connectivity index (χ4v) is 1.70. The molecule has 0 heterocycles. The van der Waals surface area contributed by atoms with Crippen LogP contribution in [0.4, 0.5) is 5.69 Å². The molecule has 1 aromatic rings. The number of ketones is 1. The number of carbonyl (C=O) groups excluding carboxylic acids is 1. The van der Waals surface area contributed by atoms with Gasteiger partial charge >= 0.3 is 0 Å². The van der Waals surface area contributed by atoms with E-state index in [0.717, 1.165) is 0 Å². The summed E-state index contributed by atoms with van der Waals surface area (Å²) in [6.45, 7) is 7.57. The van der Waals surface area contributed by atoms with E-state index in [1.54, 1.807) is 0 Å². The Bertz CT molecular complexity index is 551. The molecule has 0 spiro atoms. The zero-order valence-corrected chi connectivity index (χ0v) is 13.3. The van der Waals surface area contributed by atoms with Gasteiger partial charge in [0.2, 0.25) is 0 Å². The first-order valence-corrected chi connectivity index (χ1v) is 6.95. The van der Waals surface area contributed by atoms with E-state index in [1.807, 2.05) is 20.8 Å². The number of aliphatic hydroxyl groups is 1. The number of Topliss-reactive ketones (excluding diaryl/α,β-unsaturated/α-hetero) is 1. The van der Waals surface area contributed by atoms with Crippen LogP contribution in [0.3, 0.4) is 0 Å². The Kier molecular flexibility index (Phi) is 6.01. The van der Waals surface area contributed by atoms with Crippen LogP contribution >= 0.6 is 0 Å². The van der Waals surface area contributed by atoms with Gasteiger partial charge in [0.15, 0.2) is 5.78 Å². The molecular weight excluding hydrogens is 288 g/mol. The molecule has 0 amide bonds. The average Bonchev–Trinajstić information content (AvgIpc) is 2.41. The van der Waals surface area contributed by atoms with Crippen molar-refractivity contribution >= 4 is 11.5 Å². The number of ether oxygens (including phenoxy) is 1. The number of hydrogen-bond acceptors (Lipinski definition) is 6. The van der Waals surface area contributed by atoms with Crippen LogP contribution in [-0.4, -0.2) is 40.6 Å². The van der Waals surface area contributed by atoms with Crippen LogP contribution in [0.25, 0.3) is 0 Å². The quantitative estimate of drug-likeness (QED) is 0.453. The summed E-state index contributed by atoms with van der Waals surface area (Å²) in [7, 11) is 0. The second kappa shape index (κ2) is 7.33. The Morgan fingerprint density at radius 1 is 1.45 bits per heavy atom. The smallest absolute Gasteiger partial charge is 0.270 e. The van der Waals surface area contributed by atoms with E-state index in [-0.39, 0.29) is 34.9 Å².